The Hall–Kier alpha value is -2.22. The van der Waals surface area contributed by atoms with Crippen molar-refractivity contribution in [2.24, 2.45) is 0 Å². The molecule has 0 radical (unpaired) electrons. The molecule has 1 saturated heterocycles. The van der Waals surface area contributed by atoms with Crippen LogP contribution in [-0.4, -0.2) is 38.3 Å². The fraction of sp³-hybridized carbons (Fsp3) is 0.480. The van der Waals surface area contributed by atoms with Crippen molar-refractivity contribution < 1.29 is 17.9 Å². The fourth-order valence-corrected chi connectivity index (χ4v) is 5.40. The van der Waals surface area contributed by atoms with E-state index in [1.807, 2.05) is 43.3 Å². The zero-order valence-electron chi connectivity index (χ0n) is 18.9. The summed E-state index contributed by atoms with van der Waals surface area (Å²) in [6.45, 7) is 4.81. The molecule has 0 saturated carbocycles. The fourth-order valence-electron chi connectivity index (χ4n) is 3.88. The van der Waals surface area contributed by atoms with Gasteiger partial charge >= 0.3 is 0 Å². The van der Waals surface area contributed by atoms with Gasteiger partial charge in [0.15, 0.2) is 0 Å². The lowest BCUT2D eigenvalue weighted by atomic mass is 10.1. The summed E-state index contributed by atoms with van der Waals surface area (Å²) in [6.07, 6.45) is 4.93. The Labute approximate surface area is 192 Å². The molecule has 0 bridgehead atoms. The summed E-state index contributed by atoms with van der Waals surface area (Å²) >= 11 is 0. The van der Waals surface area contributed by atoms with Crippen LogP contribution in [0.3, 0.4) is 0 Å². The molecule has 1 fully saturated rings. The van der Waals surface area contributed by atoms with Crippen molar-refractivity contribution in [1.29, 1.82) is 0 Å². The minimum atomic E-state index is -3.44. The van der Waals surface area contributed by atoms with E-state index in [1.165, 1.54) is 0 Å². The molecule has 0 aliphatic carbocycles. The van der Waals surface area contributed by atoms with Gasteiger partial charge in [-0.1, -0.05) is 49.2 Å². The minimum Gasteiger partial charge on any atom is -0.377 e. The molecule has 3 rings (SSSR count). The van der Waals surface area contributed by atoms with E-state index in [4.69, 9.17) is 4.74 Å². The molecule has 1 aliphatic heterocycles. The van der Waals surface area contributed by atoms with Gasteiger partial charge in [-0.3, -0.25) is 4.79 Å². The molecule has 7 heteroatoms. The van der Waals surface area contributed by atoms with Crippen molar-refractivity contribution >= 4 is 15.9 Å². The van der Waals surface area contributed by atoms with E-state index in [-0.39, 0.29) is 5.91 Å². The lowest BCUT2D eigenvalue weighted by Gasteiger charge is -2.20. The summed E-state index contributed by atoms with van der Waals surface area (Å²) in [7, 11) is -3.44. The average Bonchev–Trinajstić information content (AvgIpc) is 3.11. The maximum Gasteiger partial charge on any atom is 0.243 e. The minimum absolute atomic E-state index is 0.0301. The summed E-state index contributed by atoms with van der Waals surface area (Å²) in [4.78, 5) is 12.7. The maximum atomic E-state index is 12.9. The SMILES string of the molecule is CCOCc1ccccc1CNC(=O)CCc1ccc(S(=O)(=O)N2CCCCCC2)cc1. The van der Waals surface area contributed by atoms with Crippen molar-refractivity contribution in [3.8, 4) is 0 Å². The molecule has 32 heavy (non-hydrogen) atoms. The third-order valence-electron chi connectivity index (χ3n) is 5.82. The van der Waals surface area contributed by atoms with E-state index >= 15 is 0 Å². The number of carbonyl (C=O) groups is 1. The van der Waals surface area contributed by atoms with Crippen molar-refractivity contribution in [2.45, 2.75) is 63.5 Å². The molecule has 2 aromatic carbocycles. The Morgan fingerprint density at radius 1 is 0.969 bits per heavy atom. The van der Waals surface area contributed by atoms with Gasteiger partial charge in [0, 0.05) is 32.7 Å². The van der Waals surface area contributed by atoms with Gasteiger partial charge in [-0.05, 0) is 55.0 Å². The monoisotopic (exact) mass is 458 g/mol. The van der Waals surface area contributed by atoms with Crippen LogP contribution in [0.4, 0.5) is 0 Å². The molecular formula is C25H34N2O4S. The third-order valence-corrected chi connectivity index (χ3v) is 7.74. The van der Waals surface area contributed by atoms with E-state index in [1.54, 1.807) is 16.4 Å². The molecule has 1 heterocycles. The van der Waals surface area contributed by atoms with Crippen LogP contribution >= 0.6 is 0 Å². The Morgan fingerprint density at radius 3 is 2.28 bits per heavy atom. The number of hydrogen-bond donors (Lipinski definition) is 1. The number of aryl methyl sites for hydroxylation is 1. The van der Waals surface area contributed by atoms with Crippen LogP contribution in [0.2, 0.25) is 0 Å². The summed E-state index contributed by atoms with van der Waals surface area (Å²) in [5, 5.41) is 2.97. The molecular weight excluding hydrogens is 424 g/mol. The smallest absolute Gasteiger partial charge is 0.243 e. The number of benzene rings is 2. The van der Waals surface area contributed by atoms with Crippen LogP contribution in [0.25, 0.3) is 0 Å². The average molecular weight is 459 g/mol. The van der Waals surface area contributed by atoms with Crippen LogP contribution in [-0.2, 0) is 39.1 Å². The van der Waals surface area contributed by atoms with Gasteiger partial charge in [0.1, 0.15) is 0 Å². The predicted octanol–water partition coefficient (Wildman–Crippen LogP) is 4.04. The van der Waals surface area contributed by atoms with Crippen LogP contribution in [0.5, 0.6) is 0 Å². The largest absolute Gasteiger partial charge is 0.377 e. The quantitative estimate of drug-likeness (QED) is 0.583. The van der Waals surface area contributed by atoms with Gasteiger partial charge in [-0.15, -0.1) is 0 Å². The third kappa shape index (κ3) is 6.89. The normalized spacial score (nSPS) is 15.3. The molecule has 0 aromatic heterocycles. The Balaban J connectivity index is 1.50. The number of sulfonamides is 1. The molecule has 2 aromatic rings. The second-order valence-electron chi connectivity index (χ2n) is 8.14. The number of rotatable bonds is 10. The van der Waals surface area contributed by atoms with Crippen LogP contribution in [0.15, 0.2) is 53.4 Å². The lowest BCUT2D eigenvalue weighted by molar-refractivity contribution is -0.121. The van der Waals surface area contributed by atoms with Gasteiger partial charge in [0.2, 0.25) is 15.9 Å². The summed E-state index contributed by atoms with van der Waals surface area (Å²) < 4.78 is 32.9. The number of hydrogen-bond acceptors (Lipinski definition) is 4. The zero-order chi connectivity index (χ0) is 22.8. The predicted molar refractivity (Wildman–Crippen MR) is 126 cm³/mol. The molecule has 0 atom stereocenters. The molecule has 6 nitrogen and oxygen atoms in total. The highest BCUT2D eigenvalue weighted by atomic mass is 32.2. The molecule has 1 aliphatic rings. The van der Waals surface area contributed by atoms with Crippen LogP contribution in [0, 0.1) is 0 Å². The van der Waals surface area contributed by atoms with Gasteiger partial charge in [-0.2, -0.15) is 4.31 Å². The number of amides is 1. The number of nitrogens with one attached hydrogen (secondary N) is 1. The van der Waals surface area contributed by atoms with Gasteiger partial charge < -0.3 is 10.1 Å². The van der Waals surface area contributed by atoms with Gasteiger partial charge in [0.25, 0.3) is 0 Å². The first-order chi connectivity index (χ1) is 15.5. The Morgan fingerprint density at radius 2 is 1.62 bits per heavy atom. The zero-order valence-corrected chi connectivity index (χ0v) is 19.7. The summed E-state index contributed by atoms with van der Waals surface area (Å²) in [6, 6.07) is 14.9. The highest BCUT2D eigenvalue weighted by molar-refractivity contribution is 7.89. The second kappa shape index (κ2) is 12.1. The van der Waals surface area contributed by atoms with E-state index in [0.717, 1.165) is 42.4 Å². The highest BCUT2D eigenvalue weighted by Crippen LogP contribution is 2.21. The molecule has 174 valence electrons. The van der Waals surface area contributed by atoms with Crippen molar-refractivity contribution in [3.63, 3.8) is 0 Å². The van der Waals surface area contributed by atoms with Gasteiger partial charge in [0.05, 0.1) is 11.5 Å². The van der Waals surface area contributed by atoms with E-state index in [9.17, 15) is 13.2 Å². The highest BCUT2D eigenvalue weighted by Gasteiger charge is 2.24. The number of carbonyl (C=O) groups excluding carboxylic acids is 1. The van der Waals surface area contributed by atoms with Crippen molar-refractivity contribution in [1.82, 2.24) is 9.62 Å². The molecule has 0 spiro atoms. The van der Waals surface area contributed by atoms with Crippen molar-refractivity contribution in [2.75, 3.05) is 19.7 Å². The van der Waals surface area contributed by atoms with Crippen molar-refractivity contribution in [3.05, 3.63) is 65.2 Å². The first kappa shape index (κ1) is 24.4. The number of nitrogens with zero attached hydrogens (tertiary/aromatic N) is 1. The summed E-state index contributed by atoms with van der Waals surface area (Å²) in [5.41, 5.74) is 3.08. The standard InChI is InChI=1S/C25H34N2O4S/c1-2-31-20-23-10-6-5-9-22(23)19-26-25(28)16-13-21-11-14-24(15-12-21)32(29,30)27-17-7-3-4-8-18-27/h5-6,9-12,14-15H,2-4,7-8,13,16-20H2,1H3,(H,26,28). The Bertz CT molecular complexity index is 966. The second-order valence-corrected chi connectivity index (χ2v) is 10.1. The lowest BCUT2D eigenvalue weighted by Crippen LogP contribution is -2.31. The van der Waals surface area contributed by atoms with E-state index < -0.39 is 10.0 Å². The van der Waals surface area contributed by atoms with Crippen LogP contribution in [0.1, 0.15) is 55.7 Å². The molecule has 1 N–H and O–H groups in total. The maximum absolute atomic E-state index is 12.9. The topological polar surface area (TPSA) is 75.7 Å². The molecule has 0 unspecified atom stereocenters. The first-order valence-corrected chi connectivity index (χ1v) is 12.9. The van der Waals surface area contributed by atoms with Gasteiger partial charge in [-0.25, -0.2) is 8.42 Å². The van der Waals surface area contributed by atoms with E-state index in [2.05, 4.69) is 5.32 Å². The Kier molecular flexibility index (Phi) is 9.26. The van der Waals surface area contributed by atoms with E-state index in [0.29, 0.717) is 50.6 Å². The molecule has 1 amide bonds. The first-order valence-electron chi connectivity index (χ1n) is 11.5. The van der Waals surface area contributed by atoms with Crippen LogP contribution < -0.4 is 5.32 Å². The number of ether oxygens (including phenoxy) is 1. The summed E-state index contributed by atoms with van der Waals surface area (Å²) in [5.74, 6) is -0.0301.